The zero-order valence-electron chi connectivity index (χ0n) is 19.8. The summed E-state index contributed by atoms with van der Waals surface area (Å²) in [5.74, 6) is 0.743. The molecule has 7 heteroatoms. The first-order valence-corrected chi connectivity index (χ1v) is 10.6. The molecule has 0 radical (unpaired) electrons. The van der Waals surface area contributed by atoms with Crippen molar-refractivity contribution in [3.05, 3.63) is 87.5 Å². The number of para-hydroxylation sites is 1. The fourth-order valence-electron chi connectivity index (χ4n) is 3.58. The predicted octanol–water partition coefficient (Wildman–Crippen LogP) is 7.35. The summed E-state index contributed by atoms with van der Waals surface area (Å²) < 4.78 is 5.27. The van der Waals surface area contributed by atoms with Crippen LogP contribution in [0.5, 0.6) is 11.5 Å². The Bertz CT molecular complexity index is 1190. The molecule has 3 aromatic carbocycles. The van der Waals surface area contributed by atoms with Crippen molar-refractivity contribution in [2.75, 3.05) is 7.11 Å². The molecule has 0 aromatic heterocycles. The summed E-state index contributed by atoms with van der Waals surface area (Å²) in [6, 6.07) is 17.6. The van der Waals surface area contributed by atoms with Gasteiger partial charge in [-0.15, -0.1) is 10.2 Å². The number of aromatic hydroxyl groups is 1. The van der Waals surface area contributed by atoms with E-state index in [9.17, 15) is 15.2 Å². The fraction of sp³-hybridized carbons (Fsp3) is 0.308. The zero-order valence-corrected chi connectivity index (χ0v) is 19.8. The van der Waals surface area contributed by atoms with E-state index < -0.39 is 10.3 Å². The Morgan fingerprint density at radius 3 is 2.06 bits per heavy atom. The molecule has 0 aliphatic rings. The molecule has 7 nitrogen and oxygen atoms in total. The molecule has 33 heavy (non-hydrogen) atoms. The Morgan fingerprint density at radius 1 is 0.879 bits per heavy atom. The lowest BCUT2D eigenvalue weighted by Crippen LogP contribution is -2.21. The Hall–Kier alpha value is -3.74. The summed E-state index contributed by atoms with van der Waals surface area (Å²) in [5.41, 5.74) is 2.11. The van der Waals surface area contributed by atoms with Gasteiger partial charge in [-0.2, -0.15) is 0 Å². The molecule has 172 valence electrons. The number of benzene rings is 3. The van der Waals surface area contributed by atoms with E-state index in [1.165, 1.54) is 12.1 Å². The molecule has 0 heterocycles. The van der Waals surface area contributed by atoms with Gasteiger partial charge in [-0.1, -0.05) is 65.0 Å². The topological polar surface area (TPSA) is 97.3 Å². The van der Waals surface area contributed by atoms with Crippen LogP contribution >= 0.6 is 0 Å². The monoisotopic (exact) mass is 447 g/mol. The Kier molecular flexibility index (Phi) is 6.53. The minimum Gasteiger partial charge on any atom is -0.505 e. The van der Waals surface area contributed by atoms with Crippen LogP contribution < -0.4 is 4.74 Å². The molecule has 3 aromatic rings. The second kappa shape index (κ2) is 9.02. The van der Waals surface area contributed by atoms with E-state index in [2.05, 4.69) is 31.0 Å². The molecule has 0 bridgehead atoms. The maximum Gasteiger partial charge on any atom is 0.296 e. The van der Waals surface area contributed by atoms with E-state index in [1.54, 1.807) is 25.3 Å². The summed E-state index contributed by atoms with van der Waals surface area (Å²) in [6.07, 6.45) is 0. The number of rotatable bonds is 6. The van der Waals surface area contributed by atoms with E-state index in [0.29, 0.717) is 5.56 Å². The molecular formula is C26H29N3O4. The number of nitro benzene ring substituents is 1. The number of ether oxygens (including phenoxy) is 1. The van der Waals surface area contributed by atoms with Crippen molar-refractivity contribution in [2.24, 2.45) is 10.2 Å². The zero-order chi connectivity index (χ0) is 24.4. The van der Waals surface area contributed by atoms with Gasteiger partial charge in [-0.25, -0.2) is 0 Å². The van der Waals surface area contributed by atoms with Crippen molar-refractivity contribution < 1.29 is 14.8 Å². The van der Waals surface area contributed by atoms with Crippen LogP contribution in [-0.4, -0.2) is 17.1 Å². The van der Waals surface area contributed by atoms with Crippen molar-refractivity contribution in [3.8, 4) is 11.5 Å². The van der Waals surface area contributed by atoms with E-state index >= 15 is 0 Å². The molecular weight excluding hydrogens is 418 g/mol. The van der Waals surface area contributed by atoms with E-state index in [1.807, 2.05) is 44.2 Å². The molecule has 3 rings (SSSR count). The number of methoxy groups -OCH3 is 1. The van der Waals surface area contributed by atoms with Crippen molar-refractivity contribution in [1.29, 1.82) is 0 Å². The molecule has 0 saturated heterocycles. The SMILES string of the molecule is COc1ccc(C(C)(C)c2cc(C(C)(C)C)cc(N=Nc3ccccc3[N+](=O)[O-])c2O)cc1. The molecule has 1 N–H and O–H groups in total. The van der Waals surface area contributed by atoms with Gasteiger partial charge in [-0.05, 0) is 40.8 Å². The number of hydrogen-bond acceptors (Lipinski definition) is 6. The highest BCUT2D eigenvalue weighted by atomic mass is 16.6. The quantitative estimate of drug-likeness (QED) is 0.243. The summed E-state index contributed by atoms with van der Waals surface area (Å²) in [6.45, 7) is 10.3. The molecule has 0 fully saturated rings. The fourth-order valence-corrected chi connectivity index (χ4v) is 3.58. The maximum absolute atomic E-state index is 11.3. The number of nitrogens with zero attached hydrogens (tertiary/aromatic N) is 3. The predicted molar refractivity (Wildman–Crippen MR) is 129 cm³/mol. The summed E-state index contributed by atoms with van der Waals surface area (Å²) in [7, 11) is 1.62. The van der Waals surface area contributed by atoms with E-state index in [0.717, 1.165) is 16.9 Å². The van der Waals surface area contributed by atoms with Gasteiger partial charge >= 0.3 is 0 Å². The van der Waals surface area contributed by atoms with Crippen LogP contribution in [0.4, 0.5) is 17.1 Å². The minimum atomic E-state index is -0.555. The number of nitro groups is 1. The van der Waals surface area contributed by atoms with Gasteiger partial charge in [0.1, 0.15) is 17.2 Å². The van der Waals surface area contributed by atoms with Gasteiger partial charge in [0.25, 0.3) is 5.69 Å². The second-order valence-corrected chi connectivity index (χ2v) is 9.44. The van der Waals surface area contributed by atoms with Gasteiger partial charge < -0.3 is 9.84 Å². The standard InChI is InChI=1S/C26H29N3O4/c1-25(2,3)18-15-20(26(4,5)17-11-13-19(33-6)14-12-17)24(30)22(16-18)28-27-21-9-7-8-10-23(21)29(31)32/h7-16,30H,1-6H3. The summed E-state index contributed by atoms with van der Waals surface area (Å²) >= 11 is 0. The van der Waals surface area contributed by atoms with Crippen LogP contribution in [0.25, 0.3) is 0 Å². The van der Waals surface area contributed by atoms with Crippen LogP contribution in [0, 0.1) is 10.1 Å². The third kappa shape index (κ3) is 5.03. The lowest BCUT2D eigenvalue weighted by Gasteiger charge is -2.30. The Labute approximate surface area is 193 Å². The molecule has 0 aliphatic carbocycles. The smallest absolute Gasteiger partial charge is 0.296 e. The number of azo groups is 1. The Morgan fingerprint density at radius 2 is 1.48 bits per heavy atom. The van der Waals surface area contributed by atoms with Crippen molar-refractivity contribution in [3.63, 3.8) is 0 Å². The number of phenolic OH excluding ortho intramolecular Hbond substituents is 1. The van der Waals surface area contributed by atoms with Crippen molar-refractivity contribution in [2.45, 2.75) is 45.4 Å². The molecule has 0 atom stereocenters. The largest absolute Gasteiger partial charge is 0.505 e. The van der Waals surface area contributed by atoms with Crippen LogP contribution in [0.2, 0.25) is 0 Å². The third-order valence-corrected chi connectivity index (χ3v) is 5.78. The van der Waals surface area contributed by atoms with Gasteiger partial charge in [0, 0.05) is 17.0 Å². The summed E-state index contributed by atoms with van der Waals surface area (Å²) in [5, 5.41) is 30.9. The minimum absolute atomic E-state index is 0.00819. The van der Waals surface area contributed by atoms with Crippen molar-refractivity contribution in [1.82, 2.24) is 0 Å². The molecule has 0 unspecified atom stereocenters. The van der Waals surface area contributed by atoms with Crippen LogP contribution in [0.15, 0.2) is 70.9 Å². The Balaban J connectivity index is 2.16. The van der Waals surface area contributed by atoms with E-state index in [-0.39, 0.29) is 28.2 Å². The number of hydrogen-bond donors (Lipinski definition) is 1. The third-order valence-electron chi connectivity index (χ3n) is 5.78. The lowest BCUT2D eigenvalue weighted by molar-refractivity contribution is -0.384. The average Bonchev–Trinajstić information content (AvgIpc) is 2.77. The van der Waals surface area contributed by atoms with Gasteiger partial charge in [0.15, 0.2) is 5.69 Å². The van der Waals surface area contributed by atoms with Crippen LogP contribution in [0.1, 0.15) is 51.3 Å². The molecule has 0 spiro atoms. The van der Waals surface area contributed by atoms with Gasteiger partial charge in [0.05, 0.1) is 12.0 Å². The molecule has 0 aliphatic heterocycles. The normalized spacial score (nSPS) is 12.2. The highest BCUT2D eigenvalue weighted by Gasteiger charge is 2.30. The van der Waals surface area contributed by atoms with Crippen molar-refractivity contribution >= 4 is 17.1 Å². The maximum atomic E-state index is 11.3. The average molecular weight is 448 g/mol. The van der Waals surface area contributed by atoms with Crippen LogP contribution in [0.3, 0.4) is 0 Å². The second-order valence-electron chi connectivity index (χ2n) is 9.44. The van der Waals surface area contributed by atoms with Gasteiger partial charge in [-0.3, -0.25) is 10.1 Å². The molecule has 0 amide bonds. The molecule has 0 saturated carbocycles. The van der Waals surface area contributed by atoms with Crippen LogP contribution in [-0.2, 0) is 10.8 Å². The first-order valence-electron chi connectivity index (χ1n) is 10.6. The highest BCUT2D eigenvalue weighted by molar-refractivity contribution is 5.63. The van der Waals surface area contributed by atoms with Gasteiger partial charge in [0.2, 0.25) is 0 Å². The lowest BCUT2D eigenvalue weighted by atomic mass is 9.75. The summed E-state index contributed by atoms with van der Waals surface area (Å²) in [4.78, 5) is 10.8. The first kappa shape index (κ1) is 23.9. The number of phenols is 1. The highest BCUT2D eigenvalue weighted by Crippen LogP contribution is 2.45. The first-order chi connectivity index (χ1) is 15.4. The van der Waals surface area contributed by atoms with E-state index in [4.69, 9.17) is 4.74 Å².